The Hall–Kier alpha value is -9.26. The zero-order valence-corrected chi connectivity index (χ0v) is 46.0. The first kappa shape index (κ1) is 51.5. The summed E-state index contributed by atoms with van der Waals surface area (Å²) >= 11 is 6.36. The summed E-state index contributed by atoms with van der Waals surface area (Å²) in [4.78, 5) is 35.4. The molecule has 5 aliphatic rings. The highest BCUT2D eigenvalue weighted by Crippen LogP contribution is 2.38. The summed E-state index contributed by atoms with van der Waals surface area (Å²) in [6.45, 7) is 1.28. The van der Waals surface area contributed by atoms with E-state index in [4.69, 9.17) is 36.3 Å². The highest BCUT2D eigenvalue weighted by atomic mass is 35.5. The number of H-pyrrole nitrogens is 2. The van der Waals surface area contributed by atoms with Crippen LogP contribution >= 0.6 is 11.6 Å². The summed E-state index contributed by atoms with van der Waals surface area (Å²) in [5, 5.41) is 15.0. The average molecular weight is 1070 g/mol. The van der Waals surface area contributed by atoms with Crippen molar-refractivity contribution in [2.24, 2.45) is 39.1 Å². The Morgan fingerprint density at radius 1 is 0.562 bits per heavy atom. The molecule has 0 unspecified atom stereocenters. The molecule has 5 aliphatic heterocycles. The number of fused-ring (bicyclic) bond motifs is 7. The smallest absolute Gasteiger partial charge is 0.213 e. The fourth-order valence-electron chi connectivity index (χ4n) is 10.8. The number of aromatic nitrogens is 4. The van der Waals surface area contributed by atoms with Crippen molar-refractivity contribution >= 4 is 73.2 Å². The zero-order chi connectivity index (χ0) is 54.7. The normalized spacial score (nSPS) is 16.2. The van der Waals surface area contributed by atoms with Crippen molar-refractivity contribution in [3.8, 4) is 5.75 Å². The van der Waals surface area contributed by atoms with Crippen LogP contribution in [0.15, 0.2) is 236 Å². The maximum atomic E-state index is 11.3. The zero-order valence-electron chi connectivity index (χ0n) is 45.3. The van der Waals surface area contributed by atoms with Crippen molar-refractivity contribution in [1.29, 1.82) is 0 Å². The molecule has 80 heavy (non-hydrogen) atoms. The lowest BCUT2D eigenvalue weighted by atomic mass is 9.97. The standard InChI is InChI=1S/C67H60ClN10O2/c1-76-35-27-44(28-36-76)63-55-21-19-53(72-55)62(54-20-22-56(73-54)64(45-29-37-77(2)38-30-45)58-24-26-60(75-58)65(59-25-23-57(63)74-59)46-31-39-78(3)40-32-46)43-11-13-47(14-12-43)67(79)70-34-10-8-6-5-7-9-33-69-66-50-17-15-48(68)41-61(50)71-52-18-16-49(80-4)42-51(52)66/h11-32,35-42H,5-10,33-34H2,1-4H3,(H2-,69,70,71,72,73,74,75,79)/q+1/p+1. The van der Waals surface area contributed by atoms with E-state index in [9.17, 15) is 5.11 Å². The highest BCUT2D eigenvalue weighted by molar-refractivity contribution is 6.36. The molecule has 8 bridgehead atoms. The molecule has 12 nitrogen and oxygen atoms in total. The van der Waals surface area contributed by atoms with Crippen LogP contribution in [0.5, 0.6) is 5.75 Å². The SMILES string of the molecule is COc1ccc2[nH]c3cc(Cl)ccc3c(=NCCCCCCCCN=C(O)c3ccc(C4=C5C=CC(=N5)C(=C5C=CN(C)C=C5)C5=NC(=C(c6cc[n+](C)cc6)c6ccc([nH]6)C(c6cc[n+](C)cc6)=C6C=CC4=N6)C=C5)cc3)c2c1. The summed E-state index contributed by atoms with van der Waals surface area (Å²) in [5.41, 5.74) is 17.0. The third kappa shape index (κ3) is 10.7. The van der Waals surface area contributed by atoms with Gasteiger partial charge in [-0.2, -0.15) is 0 Å². The first-order valence-corrected chi connectivity index (χ1v) is 27.6. The molecule has 0 saturated carbocycles. The fourth-order valence-corrected chi connectivity index (χ4v) is 10.9. The molecule has 7 aromatic rings. The molecule has 396 valence electrons. The number of halogens is 1. The van der Waals surface area contributed by atoms with Gasteiger partial charge in [-0.05, 0) is 144 Å². The number of benzene rings is 3. The van der Waals surface area contributed by atoms with Crippen molar-refractivity contribution in [1.82, 2.24) is 14.9 Å². The van der Waals surface area contributed by atoms with Gasteiger partial charge < -0.3 is 24.7 Å². The molecule has 0 amide bonds. The van der Waals surface area contributed by atoms with E-state index in [1.54, 1.807) is 7.11 Å². The number of aliphatic hydroxyl groups excluding tert-OH is 1. The molecule has 0 atom stereocenters. The van der Waals surface area contributed by atoms with Crippen molar-refractivity contribution < 1.29 is 19.0 Å². The lowest BCUT2D eigenvalue weighted by Crippen LogP contribution is -2.26. The van der Waals surface area contributed by atoms with Crippen molar-refractivity contribution in [3.05, 3.63) is 255 Å². The molecule has 3 aromatic carbocycles. The number of aromatic amines is 2. The largest absolute Gasteiger partial charge is 0.497 e. The number of nitrogens with zero attached hydrogens (tertiary/aromatic N) is 8. The summed E-state index contributed by atoms with van der Waals surface area (Å²) in [6.07, 6.45) is 35.3. The van der Waals surface area contributed by atoms with Gasteiger partial charge in [0.15, 0.2) is 24.8 Å². The first-order chi connectivity index (χ1) is 39.1. The van der Waals surface area contributed by atoms with E-state index in [0.29, 0.717) is 17.1 Å². The van der Waals surface area contributed by atoms with Gasteiger partial charge in [-0.25, -0.2) is 24.1 Å². The molecular weight excluding hydrogens is 1010 g/mol. The number of hydrogen-bond acceptors (Lipinski definition) is 7. The number of nitrogens with one attached hydrogen (secondary N) is 2. The van der Waals surface area contributed by atoms with E-state index in [-0.39, 0.29) is 5.90 Å². The number of aliphatic imine (C=N–C) groups is 4. The van der Waals surface area contributed by atoms with Crippen LogP contribution in [0.1, 0.15) is 72.2 Å². The summed E-state index contributed by atoms with van der Waals surface area (Å²) < 4.78 is 9.62. The summed E-state index contributed by atoms with van der Waals surface area (Å²) in [5.74, 6) is 0.826. The molecule has 0 radical (unpaired) electrons. The number of aryl methyl sites for hydroxylation is 2. The lowest BCUT2D eigenvalue weighted by Gasteiger charge is -2.16. The number of unbranched alkanes of at least 4 members (excludes halogenated alkanes) is 5. The number of rotatable bonds is 14. The molecule has 0 spiro atoms. The van der Waals surface area contributed by atoms with E-state index in [1.165, 1.54) is 0 Å². The Kier molecular flexibility index (Phi) is 14.6. The lowest BCUT2D eigenvalue weighted by molar-refractivity contribution is -0.671. The van der Waals surface area contributed by atoms with Crippen LogP contribution in [0.4, 0.5) is 0 Å². The number of pyridine rings is 3. The minimum Gasteiger partial charge on any atom is -0.497 e. The van der Waals surface area contributed by atoms with Gasteiger partial charge in [-0.1, -0.05) is 49.4 Å². The van der Waals surface area contributed by atoms with E-state index in [0.717, 1.165) is 168 Å². The van der Waals surface area contributed by atoms with E-state index in [2.05, 4.69) is 137 Å². The second kappa shape index (κ2) is 22.6. The van der Waals surface area contributed by atoms with Crippen LogP contribution in [0.3, 0.4) is 0 Å². The molecule has 0 fully saturated rings. The Morgan fingerprint density at radius 2 is 1.11 bits per heavy atom. The monoisotopic (exact) mass is 1070 g/mol. The van der Waals surface area contributed by atoms with Crippen molar-refractivity contribution in [3.63, 3.8) is 0 Å². The summed E-state index contributed by atoms with van der Waals surface area (Å²) in [7, 11) is 7.75. The van der Waals surface area contributed by atoms with Gasteiger partial charge >= 0.3 is 0 Å². The number of aliphatic hydroxyl groups is 1. The molecule has 4 aromatic heterocycles. The van der Waals surface area contributed by atoms with Crippen LogP contribution in [0.25, 0.3) is 38.5 Å². The number of hydrogen-bond donors (Lipinski definition) is 3. The topological polar surface area (TPSA) is 134 Å². The molecule has 0 saturated heterocycles. The fraction of sp³-hybridized carbons (Fsp3) is 0.179. The Bertz CT molecular complexity index is 4110. The van der Waals surface area contributed by atoms with Gasteiger partial charge in [0.1, 0.15) is 19.8 Å². The Morgan fingerprint density at radius 3 is 1.71 bits per heavy atom. The Balaban J connectivity index is 0.804. The predicted molar refractivity (Wildman–Crippen MR) is 324 cm³/mol. The van der Waals surface area contributed by atoms with Gasteiger partial charge in [-0.15, -0.1) is 0 Å². The van der Waals surface area contributed by atoms with Crippen molar-refractivity contribution in [2.45, 2.75) is 38.5 Å². The van der Waals surface area contributed by atoms with Crippen LogP contribution in [-0.4, -0.2) is 70.3 Å². The minimum atomic E-state index is 0.0293. The third-order valence-corrected chi connectivity index (χ3v) is 15.2. The minimum absolute atomic E-state index is 0.0293. The van der Waals surface area contributed by atoms with E-state index >= 15 is 0 Å². The van der Waals surface area contributed by atoms with Gasteiger partial charge in [0.2, 0.25) is 5.90 Å². The molecular formula is C67H61ClN10O2+2. The maximum Gasteiger partial charge on any atom is 0.213 e. The number of methoxy groups -OCH3 is 1. The molecule has 12 rings (SSSR count). The second-order valence-electron chi connectivity index (χ2n) is 20.6. The average Bonchev–Trinajstić information content (AvgIpc) is 4.50. The molecule has 3 N–H and O–H groups in total. The van der Waals surface area contributed by atoms with E-state index in [1.807, 2.05) is 95.8 Å². The molecule has 0 aliphatic carbocycles. The van der Waals surface area contributed by atoms with Crippen LogP contribution in [-0.2, 0) is 14.1 Å². The summed E-state index contributed by atoms with van der Waals surface area (Å²) in [6, 6.07) is 32.7. The van der Waals surface area contributed by atoms with Gasteiger partial charge in [0.05, 0.1) is 46.7 Å². The first-order valence-electron chi connectivity index (χ1n) is 27.3. The van der Waals surface area contributed by atoms with Crippen LogP contribution in [0.2, 0.25) is 5.02 Å². The highest BCUT2D eigenvalue weighted by Gasteiger charge is 2.28. The van der Waals surface area contributed by atoms with Crippen LogP contribution < -0.4 is 19.2 Å². The van der Waals surface area contributed by atoms with E-state index < -0.39 is 0 Å². The van der Waals surface area contributed by atoms with Crippen LogP contribution in [0, 0.1) is 0 Å². The number of allylic oxidation sites excluding steroid dienone is 11. The third-order valence-electron chi connectivity index (χ3n) is 15.0. The Labute approximate surface area is 470 Å². The van der Waals surface area contributed by atoms with Gasteiger partial charge in [0.25, 0.3) is 0 Å². The molecule has 9 heterocycles. The predicted octanol–water partition coefficient (Wildman–Crippen LogP) is 12.5. The van der Waals surface area contributed by atoms with Crippen molar-refractivity contribution in [2.75, 3.05) is 27.2 Å². The second-order valence-corrected chi connectivity index (χ2v) is 21.0. The number of ether oxygens (including phenoxy) is 1. The van der Waals surface area contributed by atoms with Gasteiger partial charge in [-0.3, -0.25) is 9.98 Å². The maximum absolute atomic E-state index is 11.3. The van der Waals surface area contributed by atoms with Gasteiger partial charge in [0, 0.05) is 123 Å². The quantitative estimate of drug-likeness (QED) is 0.0329. The molecule has 13 heteroatoms.